The van der Waals surface area contributed by atoms with Gasteiger partial charge in [-0.05, 0) is 31.7 Å². The summed E-state index contributed by atoms with van der Waals surface area (Å²) in [6.45, 7) is 1.95. The predicted molar refractivity (Wildman–Crippen MR) is 80.9 cm³/mol. The van der Waals surface area contributed by atoms with Crippen molar-refractivity contribution in [1.82, 2.24) is 5.32 Å². The van der Waals surface area contributed by atoms with Gasteiger partial charge in [-0.15, -0.1) is 11.6 Å². The molecule has 1 aromatic rings. The molecule has 0 bridgehead atoms. The van der Waals surface area contributed by atoms with Crippen molar-refractivity contribution in [3.63, 3.8) is 0 Å². The van der Waals surface area contributed by atoms with Gasteiger partial charge in [-0.1, -0.05) is 30.3 Å². The molecule has 3 nitrogen and oxygen atoms in total. The largest absolute Gasteiger partial charge is 0.378 e. The summed E-state index contributed by atoms with van der Waals surface area (Å²) in [5.41, 5.74) is 0.218. The van der Waals surface area contributed by atoms with Crippen molar-refractivity contribution >= 4 is 17.5 Å². The zero-order chi connectivity index (χ0) is 14.6. The van der Waals surface area contributed by atoms with Crippen molar-refractivity contribution in [3.05, 3.63) is 35.9 Å². The van der Waals surface area contributed by atoms with E-state index in [4.69, 9.17) is 16.3 Å². The number of rotatable bonds is 6. The summed E-state index contributed by atoms with van der Waals surface area (Å²) in [5, 5.41) is 3.07. The number of nitrogens with one attached hydrogen (secondary N) is 1. The minimum Gasteiger partial charge on any atom is -0.378 e. The van der Waals surface area contributed by atoms with Crippen molar-refractivity contribution in [2.24, 2.45) is 0 Å². The maximum Gasteiger partial charge on any atom is 0.223 e. The van der Waals surface area contributed by atoms with Crippen LogP contribution in [0.4, 0.5) is 0 Å². The second kappa shape index (κ2) is 6.15. The lowest BCUT2D eigenvalue weighted by Crippen LogP contribution is -2.50. The number of hydrogen-bond donors (Lipinski definition) is 1. The number of hydrogen-bond acceptors (Lipinski definition) is 2. The molecule has 0 spiro atoms. The van der Waals surface area contributed by atoms with Gasteiger partial charge in [0.2, 0.25) is 5.91 Å². The third-order valence-corrected chi connectivity index (χ3v) is 4.81. The van der Waals surface area contributed by atoms with Gasteiger partial charge in [0.25, 0.3) is 0 Å². The van der Waals surface area contributed by atoms with Crippen LogP contribution in [-0.2, 0) is 15.1 Å². The molecule has 1 aliphatic rings. The second-order valence-electron chi connectivity index (χ2n) is 5.80. The van der Waals surface area contributed by atoms with Gasteiger partial charge in [0.15, 0.2) is 0 Å². The maximum absolute atomic E-state index is 12.3. The zero-order valence-corrected chi connectivity index (χ0v) is 12.9. The van der Waals surface area contributed by atoms with E-state index in [-0.39, 0.29) is 11.5 Å². The molecule has 0 aromatic heterocycles. The lowest BCUT2D eigenvalue weighted by Gasteiger charge is -2.41. The number of carbonyl (C=O) groups is 1. The van der Waals surface area contributed by atoms with E-state index in [0.29, 0.717) is 12.3 Å². The molecule has 0 heterocycles. The Morgan fingerprint density at radius 3 is 2.50 bits per heavy atom. The molecular formula is C16H22ClNO2. The van der Waals surface area contributed by atoms with Crippen molar-refractivity contribution in [2.75, 3.05) is 13.0 Å². The minimum atomic E-state index is -0.543. The van der Waals surface area contributed by atoms with Gasteiger partial charge in [0.05, 0.1) is 17.6 Å². The third-order valence-electron chi connectivity index (χ3n) is 4.27. The number of amides is 1. The van der Waals surface area contributed by atoms with Crippen molar-refractivity contribution in [2.45, 2.75) is 43.7 Å². The van der Waals surface area contributed by atoms with Crippen LogP contribution in [0.15, 0.2) is 30.3 Å². The second-order valence-corrected chi connectivity index (χ2v) is 6.06. The van der Waals surface area contributed by atoms with Crippen LogP contribution >= 0.6 is 11.6 Å². The fourth-order valence-corrected chi connectivity index (χ4v) is 2.88. The molecule has 4 heteroatoms. The highest BCUT2D eigenvalue weighted by Gasteiger charge is 2.40. The average molecular weight is 296 g/mol. The summed E-state index contributed by atoms with van der Waals surface area (Å²) in [7, 11) is 1.68. The monoisotopic (exact) mass is 295 g/mol. The quantitative estimate of drug-likeness (QED) is 0.818. The van der Waals surface area contributed by atoms with E-state index in [2.05, 4.69) is 5.32 Å². The summed E-state index contributed by atoms with van der Waals surface area (Å²) in [6, 6.07) is 9.83. The van der Waals surface area contributed by atoms with Gasteiger partial charge in [-0.2, -0.15) is 0 Å². The summed E-state index contributed by atoms with van der Waals surface area (Å²) in [6.07, 6.45) is 3.45. The van der Waals surface area contributed by atoms with Crippen molar-refractivity contribution in [3.8, 4) is 0 Å². The number of ether oxygens (including phenoxy) is 1. The summed E-state index contributed by atoms with van der Waals surface area (Å²) < 4.78 is 5.50. The predicted octanol–water partition coefficient (Wildman–Crippen LogP) is 3.22. The molecule has 2 rings (SSSR count). The van der Waals surface area contributed by atoms with Gasteiger partial charge < -0.3 is 10.1 Å². The molecule has 110 valence electrons. The Labute approximate surface area is 125 Å². The molecule has 1 aliphatic carbocycles. The first-order chi connectivity index (χ1) is 9.53. The Kier molecular flexibility index (Phi) is 4.71. The zero-order valence-electron chi connectivity index (χ0n) is 12.1. The Morgan fingerprint density at radius 2 is 2.05 bits per heavy atom. The average Bonchev–Trinajstić information content (AvgIpc) is 2.43. The molecule has 0 aliphatic heterocycles. The molecule has 1 atom stereocenters. The Balaban J connectivity index is 2.04. The molecule has 1 saturated carbocycles. The lowest BCUT2D eigenvalue weighted by molar-refractivity contribution is -0.135. The van der Waals surface area contributed by atoms with Crippen LogP contribution in [0.25, 0.3) is 0 Å². The van der Waals surface area contributed by atoms with Crippen LogP contribution in [-0.4, -0.2) is 24.5 Å². The molecular weight excluding hydrogens is 274 g/mol. The van der Waals surface area contributed by atoms with Crippen LogP contribution < -0.4 is 5.32 Å². The summed E-state index contributed by atoms with van der Waals surface area (Å²) in [5.74, 6) is 0.335. The first kappa shape index (κ1) is 15.3. The van der Waals surface area contributed by atoms with Crippen LogP contribution in [0, 0.1) is 0 Å². The fraction of sp³-hybridized carbons (Fsp3) is 0.562. The smallest absolute Gasteiger partial charge is 0.223 e. The van der Waals surface area contributed by atoms with E-state index >= 15 is 0 Å². The van der Waals surface area contributed by atoms with E-state index in [0.717, 1.165) is 24.8 Å². The molecule has 1 unspecified atom stereocenters. The fourth-order valence-electron chi connectivity index (χ4n) is 2.66. The molecule has 1 aromatic carbocycles. The molecule has 1 N–H and O–H groups in total. The van der Waals surface area contributed by atoms with Crippen LogP contribution in [0.1, 0.15) is 38.2 Å². The maximum atomic E-state index is 12.3. The lowest BCUT2D eigenvalue weighted by atomic mass is 9.77. The van der Waals surface area contributed by atoms with Gasteiger partial charge >= 0.3 is 0 Å². The van der Waals surface area contributed by atoms with Crippen molar-refractivity contribution in [1.29, 1.82) is 0 Å². The normalized spacial score (nSPS) is 19.8. The molecule has 1 amide bonds. The Bertz CT molecular complexity index is 453. The summed E-state index contributed by atoms with van der Waals surface area (Å²) >= 11 is 6.09. The molecule has 0 saturated heterocycles. The third kappa shape index (κ3) is 3.15. The Morgan fingerprint density at radius 1 is 1.40 bits per heavy atom. The molecule has 1 fully saturated rings. The number of halogens is 1. The first-order valence-corrected chi connectivity index (χ1v) is 7.55. The van der Waals surface area contributed by atoms with Crippen molar-refractivity contribution < 1.29 is 9.53 Å². The van der Waals surface area contributed by atoms with Crippen LogP contribution in [0.5, 0.6) is 0 Å². The van der Waals surface area contributed by atoms with Crippen LogP contribution in [0.2, 0.25) is 0 Å². The number of alkyl halides is 1. The first-order valence-electron chi connectivity index (χ1n) is 7.01. The SMILES string of the molecule is COC1(CC(=O)NC(C)(CCl)c2ccccc2)CCC1. The van der Waals surface area contributed by atoms with E-state index in [1.165, 1.54) is 0 Å². The number of methoxy groups -OCH3 is 1. The highest BCUT2D eigenvalue weighted by molar-refractivity contribution is 6.18. The van der Waals surface area contributed by atoms with Gasteiger partial charge in [0, 0.05) is 13.0 Å². The number of carbonyl (C=O) groups excluding carboxylic acids is 1. The van der Waals surface area contributed by atoms with E-state index < -0.39 is 5.54 Å². The standard InChI is InChI=1S/C16H22ClNO2/c1-15(12-17,13-7-4-3-5-8-13)18-14(19)11-16(20-2)9-6-10-16/h3-5,7-8H,6,9-12H2,1-2H3,(H,18,19). The van der Waals surface area contributed by atoms with E-state index in [1.54, 1.807) is 7.11 Å². The van der Waals surface area contributed by atoms with Gasteiger partial charge in [0.1, 0.15) is 0 Å². The summed E-state index contributed by atoms with van der Waals surface area (Å²) in [4.78, 5) is 12.3. The highest BCUT2D eigenvalue weighted by atomic mass is 35.5. The minimum absolute atomic E-state index is 0.00134. The Hall–Kier alpha value is -1.06. The molecule has 0 radical (unpaired) electrons. The topological polar surface area (TPSA) is 38.3 Å². The van der Waals surface area contributed by atoms with Gasteiger partial charge in [-0.3, -0.25) is 4.79 Å². The molecule has 20 heavy (non-hydrogen) atoms. The van der Waals surface area contributed by atoms with E-state index in [9.17, 15) is 4.79 Å². The van der Waals surface area contributed by atoms with Gasteiger partial charge in [-0.25, -0.2) is 0 Å². The highest BCUT2D eigenvalue weighted by Crippen LogP contribution is 2.38. The van der Waals surface area contributed by atoms with Crippen LogP contribution in [0.3, 0.4) is 0 Å². The van der Waals surface area contributed by atoms with E-state index in [1.807, 2.05) is 37.3 Å². The number of benzene rings is 1.